The predicted molar refractivity (Wildman–Crippen MR) is 78.3 cm³/mol. The SMILES string of the molecule is OC(CSc1cccc(F)c1)c1cc2cccc(F)c2o1. The largest absolute Gasteiger partial charge is 0.455 e. The summed E-state index contributed by atoms with van der Waals surface area (Å²) in [4.78, 5) is 0.719. The first-order valence-corrected chi connectivity index (χ1v) is 7.36. The van der Waals surface area contributed by atoms with Crippen LogP contribution in [0.1, 0.15) is 11.9 Å². The third-order valence-corrected chi connectivity index (χ3v) is 4.12. The van der Waals surface area contributed by atoms with E-state index in [1.54, 1.807) is 30.3 Å². The third kappa shape index (κ3) is 3.09. The van der Waals surface area contributed by atoms with Crippen LogP contribution in [0.3, 0.4) is 0 Å². The Morgan fingerprint density at radius 1 is 1.10 bits per heavy atom. The number of hydrogen-bond donors (Lipinski definition) is 1. The van der Waals surface area contributed by atoms with Crippen molar-refractivity contribution in [2.45, 2.75) is 11.0 Å². The van der Waals surface area contributed by atoms with Crippen LogP contribution in [0.5, 0.6) is 0 Å². The maximum Gasteiger partial charge on any atom is 0.170 e. The average molecular weight is 306 g/mol. The van der Waals surface area contributed by atoms with Crippen LogP contribution >= 0.6 is 11.8 Å². The molecule has 0 saturated carbocycles. The van der Waals surface area contributed by atoms with Crippen LogP contribution in [0, 0.1) is 11.6 Å². The van der Waals surface area contributed by atoms with E-state index in [2.05, 4.69) is 0 Å². The van der Waals surface area contributed by atoms with Crippen molar-refractivity contribution in [3.63, 3.8) is 0 Å². The molecule has 0 spiro atoms. The normalized spacial score (nSPS) is 12.7. The fourth-order valence-electron chi connectivity index (χ4n) is 2.03. The topological polar surface area (TPSA) is 33.4 Å². The standard InChI is InChI=1S/C16H12F2O2S/c17-11-4-2-5-12(8-11)21-9-14(19)15-7-10-3-1-6-13(18)16(10)20-15/h1-8,14,19H,9H2. The van der Waals surface area contributed by atoms with E-state index in [1.165, 1.54) is 30.0 Å². The van der Waals surface area contributed by atoms with Crippen LogP contribution in [0.15, 0.2) is 57.8 Å². The molecule has 0 amide bonds. The van der Waals surface area contributed by atoms with Crippen LogP contribution in [-0.4, -0.2) is 10.9 Å². The minimum Gasteiger partial charge on any atom is -0.455 e. The molecule has 0 saturated heterocycles. The van der Waals surface area contributed by atoms with Gasteiger partial charge in [0, 0.05) is 16.0 Å². The van der Waals surface area contributed by atoms with Gasteiger partial charge in [0.2, 0.25) is 0 Å². The monoisotopic (exact) mass is 306 g/mol. The first-order chi connectivity index (χ1) is 10.1. The lowest BCUT2D eigenvalue weighted by atomic mass is 10.2. The minimum atomic E-state index is -0.884. The molecule has 0 radical (unpaired) electrons. The van der Waals surface area contributed by atoms with Gasteiger partial charge in [0.05, 0.1) is 0 Å². The maximum absolute atomic E-state index is 13.5. The molecule has 5 heteroatoms. The highest BCUT2D eigenvalue weighted by Crippen LogP contribution is 2.29. The molecule has 0 fully saturated rings. The van der Waals surface area contributed by atoms with E-state index in [4.69, 9.17) is 4.42 Å². The number of rotatable bonds is 4. The molecule has 0 aliphatic heterocycles. The highest BCUT2D eigenvalue weighted by Gasteiger charge is 2.15. The van der Waals surface area contributed by atoms with Crippen molar-refractivity contribution in [1.29, 1.82) is 0 Å². The molecule has 21 heavy (non-hydrogen) atoms. The molecule has 1 heterocycles. The van der Waals surface area contributed by atoms with E-state index in [-0.39, 0.29) is 11.4 Å². The van der Waals surface area contributed by atoms with Crippen molar-refractivity contribution in [2.24, 2.45) is 0 Å². The summed E-state index contributed by atoms with van der Waals surface area (Å²) in [5.41, 5.74) is 0.141. The zero-order chi connectivity index (χ0) is 14.8. The molecule has 0 bridgehead atoms. The Hall–Kier alpha value is -1.85. The second kappa shape index (κ2) is 5.87. The van der Waals surface area contributed by atoms with Gasteiger partial charge in [0.25, 0.3) is 0 Å². The number of fused-ring (bicyclic) bond motifs is 1. The smallest absolute Gasteiger partial charge is 0.170 e. The highest BCUT2D eigenvalue weighted by molar-refractivity contribution is 7.99. The van der Waals surface area contributed by atoms with E-state index < -0.39 is 11.9 Å². The number of furan rings is 1. The Morgan fingerprint density at radius 3 is 2.67 bits per heavy atom. The molecule has 1 atom stereocenters. The quantitative estimate of drug-likeness (QED) is 0.719. The number of hydrogen-bond acceptors (Lipinski definition) is 3. The fourth-order valence-corrected chi connectivity index (χ4v) is 2.91. The van der Waals surface area contributed by atoms with Crippen molar-refractivity contribution in [3.8, 4) is 0 Å². The van der Waals surface area contributed by atoms with E-state index >= 15 is 0 Å². The molecular formula is C16H12F2O2S. The second-order valence-electron chi connectivity index (χ2n) is 4.59. The molecule has 3 aromatic rings. The van der Waals surface area contributed by atoms with E-state index in [0.717, 1.165) is 4.90 Å². The van der Waals surface area contributed by atoms with Crippen LogP contribution in [0.25, 0.3) is 11.0 Å². The van der Waals surface area contributed by atoms with Gasteiger partial charge < -0.3 is 9.52 Å². The Labute approximate surface area is 124 Å². The molecule has 0 aliphatic rings. The van der Waals surface area contributed by atoms with Gasteiger partial charge in [-0.15, -0.1) is 11.8 Å². The summed E-state index contributed by atoms with van der Waals surface area (Å²) in [7, 11) is 0. The number of para-hydroxylation sites is 1. The third-order valence-electron chi connectivity index (χ3n) is 3.05. The lowest BCUT2D eigenvalue weighted by Gasteiger charge is -2.07. The summed E-state index contributed by atoms with van der Waals surface area (Å²) in [6.07, 6.45) is -0.884. The van der Waals surface area contributed by atoms with E-state index in [0.29, 0.717) is 16.9 Å². The van der Waals surface area contributed by atoms with Crippen molar-refractivity contribution in [2.75, 3.05) is 5.75 Å². The Balaban J connectivity index is 1.75. The van der Waals surface area contributed by atoms with Crippen molar-refractivity contribution < 1.29 is 18.3 Å². The highest BCUT2D eigenvalue weighted by atomic mass is 32.2. The van der Waals surface area contributed by atoms with Gasteiger partial charge in [-0.1, -0.05) is 18.2 Å². The zero-order valence-corrected chi connectivity index (χ0v) is 11.7. The summed E-state index contributed by atoms with van der Waals surface area (Å²) >= 11 is 1.31. The van der Waals surface area contributed by atoms with Crippen LogP contribution < -0.4 is 0 Å². The van der Waals surface area contributed by atoms with Gasteiger partial charge >= 0.3 is 0 Å². The Bertz CT molecular complexity index is 770. The van der Waals surface area contributed by atoms with E-state index in [1.807, 2.05) is 0 Å². The average Bonchev–Trinajstić information content (AvgIpc) is 2.90. The molecule has 3 rings (SSSR count). The number of aliphatic hydroxyl groups excluding tert-OH is 1. The molecule has 0 aliphatic carbocycles. The molecule has 1 unspecified atom stereocenters. The molecule has 1 aromatic heterocycles. The van der Waals surface area contributed by atoms with Gasteiger partial charge in [-0.05, 0) is 30.3 Å². The summed E-state index contributed by atoms with van der Waals surface area (Å²) in [5.74, 6) is -0.173. The Morgan fingerprint density at radius 2 is 1.90 bits per heavy atom. The van der Waals surface area contributed by atoms with E-state index in [9.17, 15) is 13.9 Å². The first-order valence-electron chi connectivity index (χ1n) is 6.38. The van der Waals surface area contributed by atoms with Gasteiger partial charge in [0.15, 0.2) is 11.4 Å². The molecular weight excluding hydrogens is 294 g/mol. The zero-order valence-electron chi connectivity index (χ0n) is 10.9. The maximum atomic E-state index is 13.5. The number of thioether (sulfide) groups is 1. The second-order valence-corrected chi connectivity index (χ2v) is 5.68. The van der Waals surface area contributed by atoms with Gasteiger partial charge in [-0.25, -0.2) is 8.78 Å². The predicted octanol–water partition coefficient (Wildman–Crippen LogP) is 4.54. The molecule has 108 valence electrons. The lowest BCUT2D eigenvalue weighted by Crippen LogP contribution is -1.98. The number of benzene rings is 2. The fraction of sp³-hybridized carbons (Fsp3) is 0.125. The van der Waals surface area contributed by atoms with Gasteiger partial charge in [-0.3, -0.25) is 0 Å². The van der Waals surface area contributed by atoms with Gasteiger partial charge in [0.1, 0.15) is 17.7 Å². The molecule has 2 aromatic carbocycles. The minimum absolute atomic E-state index is 0.141. The van der Waals surface area contributed by atoms with Gasteiger partial charge in [-0.2, -0.15) is 0 Å². The summed E-state index contributed by atoms with van der Waals surface area (Å²) in [5, 5.41) is 10.7. The van der Waals surface area contributed by atoms with Crippen LogP contribution in [0.2, 0.25) is 0 Å². The summed E-state index contributed by atoms with van der Waals surface area (Å²) in [6, 6.07) is 12.4. The first kappa shape index (κ1) is 14.1. The Kier molecular flexibility index (Phi) is 3.94. The van der Waals surface area contributed by atoms with Crippen molar-refractivity contribution in [1.82, 2.24) is 0 Å². The molecule has 1 N–H and O–H groups in total. The number of halogens is 2. The van der Waals surface area contributed by atoms with Crippen molar-refractivity contribution >= 4 is 22.7 Å². The number of aliphatic hydroxyl groups is 1. The van der Waals surface area contributed by atoms with Crippen molar-refractivity contribution in [3.05, 3.63) is 65.9 Å². The van der Waals surface area contributed by atoms with Crippen LogP contribution in [-0.2, 0) is 0 Å². The summed E-state index contributed by atoms with van der Waals surface area (Å²) in [6.45, 7) is 0. The van der Waals surface area contributed by atoms with Crippen LogP contribution in [0.4, 0.5) is 8.78 Å². The lowest BCUT2D eigenvalue weighted by molar-refractivity contribution is 0.176. The summed E-state index contributed by atoms with van der Waals surface area (Å²) < 4.78 is 32.0. The molecule has 2 nitrogen and oxygen atoms in total.